The summed E-state index contributed by atoms with van der Waals surface area (Å²) in [5.41, 5.74) is -2.07. The number of cyclic esters (lactones) is 1. The zero-order valence-electron chi connectivity index (χ0n) is 13.3. The number of carbonyl (C=O) groups excluding carboxylic acids is 2. The van der Waals surface area contributed by atoms with Gasteiger partial charge in [-0.2, -0.15) is 0 Å². The van der Waals surface area contributed by atoms with Crippen molar-refractivity contribution in [1.82, 2.24) is 10.6 Å². The van der Waals surface area contributed by atoms with Gasteiger partial charge in [0.2, 0.25) is 5.91 Å². The lowest BCUT2D eigenvalue weighted by Gasteiger charge is -2.44. The maximum absolute atomic E-state index is 12.6. The smallest absolute Gasteiger partial charge is 0.323 e. The highest BCUT2D eigenvalue weighted by molar-refractivity contribution is 5.90. The van der Waals surface area contributed by atoms with E-state index in [1.807, 2.05) is 13.8 Å². The lowest BCUT2D eigenvalue weighted by atomic mass is 9.86. The number of esters is 1. The molecule has 0 aromatic rings. The molecular weight excluding hydrogens is 276 g/mol. The first-order valence-electron chi connectivity index (χ1n) is 7.09. The van der Waals surface area contributed by atoms with E-state index in [-0.39, 0.29) is 12.5 Å². The Morgan fingerprint density at radius 1 is 1.52 bits per heavy atom. The molecule has 3 atom stereocenters. The Bertz CT molecular complexity index is 405. The molecule has 1 heterocycles. The summed E-state index contributed by atoms with van der Waals surface area (Å²) in [7, 11) is 0. The average molecular weight is 302 g/mol. The molecule has 1 fully saturated rings. The number of hydrogen-bond acceptors (Lipinski definition) is 6. The second-order valence-electron chi connectivity index (χ2n) is 6.85. The summed E-state index contributed by atoms with van der Waals surface area (Å²) < 4.78 is 5.09. The third-order valence-corrected chi connectivity index (χ3v) is 3.41. The van der Waals surface area contributed by atoms with Gasteiger partial charge < -0.3 is 20.3 Å². The molecule has 0 aromatic carbocycles. The fraction of sp³-hybridized carbons (Fsp3) is 0.857. The van der Waals surface area contributed by atoms with E-state index in [1.165, 1.54) is 0 Å². The summed E-state index contributed by atoms with van der Waals surface area (Å²) in [6, 6.07) is -0.717. The summed E-state index contributed by atoms with van der Waals surface area (Å²) >= 11 is 0. The van der Waals surface area contributed by atoms with Gasteiger partial charge in [0.25, 0.3) is 0 Å². The lowest BCUT2D eigenvalue weighted by Crippen LogP contribution is -2.75. The molecule has 4 N–H and O–H groups in total. The monoisotopic (exact) mass is 302 g/mol. The number of hydrogen-bond donors (Lipinski definition) is 4. The van der Waals surface area contributed by atoms with Crippen LogP contribution < -0.4 is 10.6 Å². The molecule has 21 heavy (non-hydrogen) atoms. The Kier molecular flexibility index (Phi) is 5.35. The minimum atomic E-state index is -1.55. The summed E-state index contributed by atoms with van der Waals surface area (Å²) in [6.45, 7) is 8.09. The van der Waals surface area contributed by atoms with E-state index in [2.05, 4.69) is 10.6 Å². The van der Waals surface area contributed by atoms with Gasteiger partial charge in [-0.3, -0.25) is 14.9 Å². The van der Waals surface area contributed by atoms with Crippen molar-refractivity contribution < 1.29 is 24.5 Å². The highest BCUT2D eigenvalue weighted by Crippen LogP contribution is 2.23. The molecule has 122 valence electrons. The highest BCUT2D eigenvalue weighted by Gasteiger charge is 2.52. The molecule has 7 heteroatoms. The molecule has 1 amide bonds. The second kappa shape index (κ2) is 6.29. The molecular formula is C14H26N2O5. The number of ether oxygens (including phenoxy) is 1. The van der Waals surface area contributed by atoms with Crippen molar-refractivity contribution in [2.75, 3.05) is 13.2 Å². The molecule has 7 nitrogen and oxygen atoms in total. The number of morpholine rings is 1. The van der Waals surface area contributed by atoms with Gasteiger partial charge in [-0.15, -0.1) is 0 Å². The maximum atomic E-state index is 12.6. The average Bonchev–Trinajstić information content (AvgIpc) is 2.36. The van der Waals surface area contributed by atoms with E-state index in [0.717, 1.165) is 0 Å². The van der Waals surface area contributed by atoms with Gasteiger partial charge in [-0.05, 0) is 26.7 Å². The van der Waals surface area contributed by atoms with Crippen molar-refractivity contribution in [3.63, 3.8) is 0 Å². The van der Waals surface area contributed by atoms with Crippen LogP contribution in [0, 0.1) is 5.92 Å². The lowest BCUT2D eigenvalue weighted by molar-refractivity contribution is -0.168. The van der Waals surface area contributed by atoms with Crippen molar-refractivity contribution in [3.05, 3.63) is 0 Å². The van der Waals surface area contributed by atoms with Crippen LogP contribution in [0.5, 0.6) is 0 Å². The molecule has 0 saturated carbocycles. The number of aliphatic hydroxyl groups is 2. The molecule has 1 rings (SSSR count). The molecule has 0 aromatic heterocycles. The SMILES string of the molecule is CC(C)[C@H]1N[C@@](C(=O)NC(C)(C)C)([C@@H](O)CO)COC1=O. The fourth-order valence-electron chi connectivity index (χ4n) is 2.17. The van der Waals surface area contributed by atoms with Gasteiger partial charge in [0.15, 0.2) is 5.54 Å². The van der Waals surface area contributed by atoms with Crippen molar-refractivity contribution in [2.45, 2.75) is 57.8 Å². The van der Waals surface area contributed by atoms with Crippen LogP contribution in [0.1, 0.15) is 34.6 Å². The predicted molar refractivity (Wildman–Crippen MR) is 76.4 cm³/mol. The van der Waals surface area contributed by atoms with E-state index < -0.39 is 41.7 Å². The Balaban J connectivity index is 3.10. The van der Waals surface area contributed by atoms with Crippen LogP contribution in [0.2, 0.25) is 0 Å². The topological polar surface area (TPSA) is 108 Å². The molecule has 1 aliphatic heterocycles. The van der Waals surface area contributed by atoms with Gasteiger partial charge in [-0.25, -0.2) is 0 Å². The van der Waals surface area contributed by atoms with Crippen LogP contribution in [0.3, 0.4) is 0 Å². The third-order valence-electron chi connectivity index (χ3n) is 3.41. The normalized spacial score (nSPS) is 28.2. The highest BCUT2D eigenvalue weighted by atomic mass is 16.5. The standard InChI is InChI=1S/C14H26N2O5/c1-8(2)10-11(19)21-7-14(15-10,9(18)6-17)12(20)16-13(3,4)5/h8-10,15,17-18H,6-7H2,1-5H3,(H,16,20)/t9-,10+,14+/m0/s1. The molecule has 0 bridgehead atoms. The van der Waals surface area contributed by atoms with Crippen LogP contribution >= 0.6 is 0 Å². The Hall–Kier alpha value is -1.18. The number of nitrogens with one attached hydrogen (secondary N) is 2. The van der Waals surface area contributed by atoms with Crippen molar-refractivity contribution in [3.8, 4) is 0 Å². The van der Waals surface area contributed by atoms with Crippen LogP contribution in [0.25, 0.3) is 0 Å². The van der Waals surface area contributed by atoms with E-state index in [1.54, 1.807) is 20.8 Å². The van der Waals surface area contributed by atoms with Crippen LogP contribution in [-0.4, -0.2) is 58.5 Å². The minimum absolute atomic E-state index is 0.120. The zero-order chi connectivity index (χ0) is 16.4. The Labute approximate surface area is 125 Å². The van der Waals surface area contributed by atoms with Crippen molar-refractivity contribution in [2.24, 2.45) is 5.92 Å². The summed E-state index contributed by atoms with van der Waals surface area (Å²) in [5.74, 6) is -1.09. The first-order valence-corrected chi connectivity index (χ1v) is 7.09. The largest absolute Gasteiger partial charge is 0.462 e. The molecule has 1 aliphatic rings. The van der Waals surface area contributed by atoms with Crippen LogP contribution in [0.15, 0.2) is 0 Å². The summed E-state index contributed by atoms with van der Waals surface area (Å²) in [4.78, 5) is 24.4. The number of rotatable bonds is 4. The number of amides is 1. The summed E-state index contributed by atoms with van der Waals surface area (Å²) in [5, 5.41) is 25.0. The molecule has 1 saturated heterocycles. The fourth-order valence-corrected chi connectivity index (χ4v) is 2.17. The molecule has 0 aliphatic carbocycles. The van der Waals surface area contributed by atoms with Crippen LogP contribution in [-0.2, 0) is 14.3 Å². The minimum Gasteiger partial charge on any atom is -0.462 e. The molecule has 0 spiro atoms. The predicted octanol–water partition coefficient (Wildman–Crippen LogP) is -0.836. The van der Waals surface area contributed by atoms with Gasteiger partial charge in [0.05, 0.1) is 6.61 Å². The van der Waals surface area contributed by atoms with Gasteiger partial charge in [-0.1, -0.05) is 13.8 Å². The van der Waals surface area contributed by atoms with E-state index in [4.69, 9.17) is 4.74 Å². The second-order valence-corrected chi connectivity index (χ2v) is 6.85. The zero-order valence-corrected chi connectivity index (χ0v) is 13.3. The van der Waals surface area contributed by atoms with E-state index >= 15 is 0 Å². The van der Waals surface area contributed by atoms with Crippen LogP contribution in [0.4, 0.5) is 0 Å². The quantitative estimate of drug-likeness (QED) is 0.505. The Morgan fingerprint density at radius 3 is 2.52 bits per heavy atom. The molecule has 0 radical (unpaired) electrons. The van der Waals surface area contributed by atoms with E-state index in [9.17, 15) is 19.8 Å². The van der Waals surface area contributed by atoms with E-state index in [0.29, 0.717) is 0 Å². The first kappa shape index (κ1) is 17.9. The Morgan fingerprint density at radius 2 is 2.10 bits per heavy atom. The van der Waals surface area contributed by atoms with Crippen molar-refractivity contribution in [1.29, 1.82) is 0 Å². The van der Waals surface area contributed by atoms with Gasteiger partial charge >= 0.3 is 5.97 Å². The van der Waals surface area contributed by atoms with Gasteiger partial charge in [0, 0.05) is 5.54 Å². The van der Waals surface area contributed by atoms with Gasteiger partial charge in [0.1, 0.15) is 18.8 Å². The number of aliphatic hydroxyl groups excluding tert-OH is 2. The maximum Gasteiger partial charge on any atom is 0.323 e. The number of carbonyl (C=O) groups is 2. The third kappa shape index (κ3) is 3.93. The first-order chi connectivity index (χ1) is 9.53. The van der Waals surface area contributed by atoms with Crippen molar-refractivity contribution >= 4 is 11.9 Å². The summed E-state index contributed by atoms with van der Waals surface area (Å²) in [6.07, 6.45) is -1.38. The molecule has 0 unspecified atom stereocenters.